The van der Waals surface area contributed by atoms with E-state index >= 15 is 0 Å². The highest BCUT2D eigenvalue weighted by Crippen LogP contribution is 2.48. The molecular formula is C111H102Cl12N12O5. The molecule has 4 amide bonds. The molecule has 6 heterocycles. The molecule has 2 saturated carbocycles. The first-order chi connectivity index (χ1) is 67.8. The molecule has 720 valence electrons. The number of anilines is 4. The summed E-state index contributed by atoms with van der Waals surface area (Å²) in [4.78, 5) is 74.1. The van der Waals surface area contributed by atoms with E-state index in [0.717, 1.165) is 106 Å². The summed E-state index contributed by atoms with van der Waals surface area (Å²) in [6, 6.07) is 92.8. The molecule has 5 atom stereocenters. The molecule has 140 heavy (non-hydrogen) atoms. The number of rotatable bonds is 17. The first-order valence-electron chi connectivity index (χ1n) is 47.0. The van der Waals surface area contributed by atoms with Gasteiger partial charge in [-0.05, 0) is 212 Å². The molecule has 0 N–H and O–H groups in total. The van der Waals surface area contributed by atoms with Crippen LogP contribution in [0.2, 0.25) is 60.3 Å². The van der Waals surface area contributed by atoms with E-state index in [-0.39, 0.29) is 53.7 Å². The Kier molecular flexibility index (Phi) is 33.4. The van der Waals surface area contributed by atoms with Crippen LogP contribution in [0.5, 0.6) is 0 Å². The topological polar surface area (TPSA) is 151 Å². The number of nitrogens with zero attached hydrogens (tertiary/aromatic N) is 12. The number of halogens is 12. The minimum atomic E-state index is -0.440. The van der Waals surface area contributed by atoms with E-state index in [1.807, 2.05) is 240 Å². The van der Waals surface area contributed by atoms with Crippen LogP contribution in [0.15, 0.2) is 296 Å². The third kappa shape index (κ3) is 23.4. The Morgan fingerprint density at radius 3 is 1.11 bits per heavy atom. The molecule has 6 fully saturated rings. The van der Waals surface area contributed by atoms with Crippen LogP contribution in [0.3, 0.4) is 0 Å². The highest BCUT2D eigenvalue weighted by molar-refractivity contribution is 6.39. The van der Waals surface area contributed by atoms with Gasteiger partial charge < -0.3 is 43.7 Å². The lowest BCUT2D eigenvalue weighted by Crippen LogP contribution is -2.56. The molecule has 12 aromatic carbocycles. The van der Waals surface area contributed by atoms with Crippen molar-refractivity contribution in [1.82, 2.24) is 39.8 Å². The average Bonchev–Trinajstić information content (AvgIpc) is 1.15. The number of aromatic nitrogens is 4. The van der Waals surface area contributed by atoms with Gasteiger partial charge in [0.1, 0.15) is 5.56 Å². The van der Waals surface area contributed by atoms with Crippen molar-refractivity contribution >= 4 is 186 Å². The minimum absolute atomic E-state index is 0.0383. The summed E-state index contributed by atoms with van der Waals surface area (Å²) in [5, 5.41) is 20.5. The van der Waals surface area contributed by atoms with Crippen LogP contribution in [0.1, 0.15) is 153 Å². The maximum absolute atomic E-state index is 14.3. The molecular weight excluding hydrogens is 2010 g/mol. The number of para-hydroxylation sites is 1. The van der Waals surface area contributed by atoms with Gasteiger partial charge in [0.05, 0.1) is 95.4 Å². The molecule has 29 heteroatoms. The second-order valence-electron chi connectivity index (χ2n) is 36.0. The van der Waals surface area contributed by atoms with E-state index in [4.69, 9.17) is 144 Å². The number of amides is 4. The van der Waals surface area contributed by atoms with Crippen molar-refractivity contribution in [3.63, 3.8) is 0 Å². The van der Waals surface area contributed by atoms with Gasteiger partial charge in [0, 0.05) is 124 Å². The zero-order valence-corrected chi connectivity index (χ0v) is 86.0. The number of benzene rings is 12. The number of hydrogen-bond donors (Lipinski definition) is 0. The molecule has 0 bridgehead atoms. The van der Waals surface area contributed by atoms with E-state index < -0.39 is 5.41 Å². The lowest BCUT2D eigenvalue weighted by molar-refractivity contribution is -0.140. The van der Waals surface area contributed by atoms with Gasteiger partial charge >= 0.3 is 0 Å². The van der Waals surface area contributed by atoms with E-state index in [1.54, 1.807) is 38.1 Å². The average molecular weight is 2110 g/mol. The van der Waals surface area contributed by atoms with Crippen LogP contribution >= 0.6 is 139 Å². The summed E-state index contributed by atoms with van der Waals surface area (Å²) >= 11 is 75.7. The predicted molar refractivity (Wildman–Crippen MR) is 572 cm³/mol. The fourth-order valence-electron chi connectivity index (χ4n) is 20.4. The second kappa shape index (κ2) is 46.3. The largest absolute Gasteiger partial charge is 0.360 e. The maximum Gasteiger partial charge on any atom is 0.276 e. The van der Waals surface area contributed by atoms with Crippen LogP contribution in [-0.2, 0) is 15.0 Å². The molecule has 5 unspecified atom stereocenters. The summed E-state index contributed by atoms with van der Waals surface area (Å²) in [7, 11) is 0. The third-order valence-corrected chi connectivity index (χ3v) is 30.6. The number of carbonyl (C=O) groups is 4. The summed E-state index contributed by atoms with van der Waals surface area (Å²) in [6.07, 6.45) is 9.82. The highest BCUT2D eigenvalue weighted by atomic mass is 35.5. The number of hydrogen-bond acceptors (Lipinski definition) is 12. The van der Waals surface area contributed by atoms with Crippen molar-refractivity contribution in [2.45, 2.75) is 107 Å². The zero-order chi connectivity index (χ0) is 97.8. The van der Waals surface area contributed by atoms with Crippen LogP contribution < -0.4 is 19.6 Å². The van der Waals surface area contributed by atoms with Gasteiger partial charge in [-0.3, -0.25) is 19.2 Å². The smallest absolute Gasteiger partial charge is 0.276 e. The molecule has 2 aliphatic carbocycles. The van der Waals surface area contributed by atoms with E-state index in [2.05, 4.69) is 81.2 Å². The van der Waals surface area contributed by atoms with Crippen LogP contribution in [0, 0.1) is 19.8 Å². The molecule has 20 rings (SSSR count). The van der Waals surface area contributed by atoms with Crippen molar-refractivity contribution < 1.29 is 23.7 Å². The molecule has 0 radical (unpaired) electrons. The van der Waals surface area contributed by atoms with Gasteiger partial charge in [-0.2, -0.15) is 9.90 Å². The molecule has 4 aliphatic heterocycles. The van der Waals surface area contributed by atoms with Crippen molar-refractivity contribution in [2.24, 2.45) is 5.92 Å². The van der Waals surface area contributed by atoms with Crippen LogP contribution in [0.25, 0.3) is 17.0 Å². The standard InChI is InChI=1S/2C29H29Cl3N2O.C27H22Cl3N3O2.C26H22Cl3N5O/c30-23-11-9-21(10-12-23)27-20-33(17-18-34(27)26-14-13-24(31)19-25(26)32)28(35)29(15-5-2-6-16-29)22-7-3-1-4-8-22;30-23-12-10-20(11-13-23)27-19-33(16-17-34(27)26-15-14-24(31)18-25(26)32)29(35)28(22-8-4-5-9-22)21-6-2-1-3-7-21;1-17-25(26(35-31-17)19-5-3-2-4-6-19)27(34)32-13-14-33(23-12-11-21(29)15-22(23)30)24(16-32)18-7-9-20(28)10-8-18;1-17-25(31-34(30-17)21-5-3-2-4-6-21)26(35)32-13-14-33(23-12-11-20(28)15-22(23)29)24(16-32)18-7-9-19(27)10-8-18/h1,3-4,7-14,19,27H,2,5-6,15-18,20H2;1-3,6-7,10-15,18,22,27-28H,4-5,8-9,16-17,19H2;2*2-12,15,24H,13-14,16H2,1H3. The van der Waals surface area contributed by atoms with Crippen molar-refractivity contribution in [3.05, 3.63) is 407 Å². The summed E-state index contributed by atoms with van der Waals surface area (Å²) in [5.41, 5.74) is 13.3. The second-order valence-corrected chi connectivity index (χ2v) is 41.1. The van der Waals surface area contributed by atoms with Gasteiger partial charge in [0.2, 0.25) is 11.8 Å². The van der Waals surface area contributed by atoms with Crippen molar-refractivity contribution in [1.29, 1.82) is 0 Å². The number of piperazine rings is 4. The Labute approximate surface area is 877 Å². The fourth-order valence-corrected chi connectivity index (χ4v) is 22.9. The lowest BCUT2D eigenvalue weighted by atomic mass is 9.68. The molecule has 17 nitrogen and oxygen atoms in total. The third-order valence-electron chi connectivity index (χ3n) is 27.4. The zero-order valence-electron chi connectivity index (χ0n) is 77.0. The monoisotopic (exact) mass is 2100 g/mol. The van der Waals surface area contributed by atoms with Crippen LogP contribution in [-0.4, -0.2) is 142 Å². The van der Waals surface area contributed by atoms with E-state index in [9.17, 15) is 19.2 Å². The SMILES string of the molecule is Cc1nn(-c2ccccc2)nc1C(=O)N1CCN(c2ccc(Cl)cc2Cl)C(c2ccc(Cl)cc2)C1.Cc1noc(-c2ccccc2)c1C(=O)N1CCN(c2ccc(Cl)cc2Cl)C(c2ccc(Cl)cc2)C1.O=C(C(c1ccccc1)C1CCCC1)N1CCN(c2ccc(Cl)cc2Cl)C(c2ccc(Cl)cc2)C1.O=C(N1CCN(c2ccc(Cl)cc2Cl)C(c2ccc(Cl)cc2)C1)C1(c2ccccc2)CCCCC1. The predicted octanol–water partition coefficient (Wildman–Crippen LogP) is 29.5. The van der Waals surface area contributed by atoms with Gasteiger partial charge in [-0.1, -0.05) is 334 Å². The Morgan fingerprint density at radius 2 is 0.700 bits per heavy atom. The van der Waals surface area contributed by atoms with E-state index in [0.29, 0.717) is 173 Å². The Balaban J connectivity index is 0.000000129. The lowest BCUT2D eigenvalue weighted by Gasteiger charge is -2.47. The summed E-state index contributed by atoms with van der Waals surface area (Å²) in [6.45, 7) is 10.6. The van der Waals surface area contributed by atoms with E-state index in [1.165, 1.54) is 24.1 Å². The first kappa shape index (κ1) is 101. The molecule has 6 aliphatic rings. The molecule has 2 aromatic heterocycles. The molecule has 14 aromatic rings. The summed E-state index contributed by atoms with van der Waals surface area (Å²) < 4.78 is 5.58. The van der Waals surface area contributed by atoms with Crippen LogP contribution in [0.4, 0.5) is 22.7 Å². The maximum atomic E-state index is 14.3. The quantitative estimate of drug-likeness (QED) is 0.0853. The Morgan fingerprint density at radius 1 is 0.350 bits per heavy atom. The van der Waals surface area contributed by atoms with Gasteiger partial charge in [0.15, 0.2) is 11.5 Å². The minimum Gasteiger partial charge on any atom is -0.360 e. The molecule has 0 spiro atoms. The summed E-state index contributed by atoms with van der Waals surface area (Å²) in [5.74, 6) is 1.04. The normalized spacial score (nSPS) is 17.9. The molecule has 4 saturated heterocycles. The Bertz CT molecular complexity index is 6650. The Hall–Kier alpha value is -10.5. The number of aryl methyl sites for hydroxylation is 2. The van der Waals surface area contributed by atoms with Crippen molar-refractivity contribution in [2.75, 3.05) is 98.1 Å². The van der Waals surface area contributed by atoms with Crippen molar-refractivity contribution in [3.8, 4) is 17.0 Å². The van der Waals surface area contributed by atoms with Gasteiger partial charge in [-0.25, -0.2) is 0 Å². The first-order valence-corrected chi connectivity index (χ1v) is 51.5. The van der Waals surface area contributed by atoms with Gasteiger partial charge in [-0.15, -0.1) is 5.10 Å². The highest BCUT2D eigenvalue weighted by Gasteiger charge is 2.47. The number of carbonyl (C=O) groups excluding carboxylic acids is 4. The fraction of sp³-hybridized carbons (Fsp3) is 0.270. The van der Waals surface area contributed by atoms with Gasteiger partial charge in [0.25, 0.3) is 11.8 Å².